The van der Waals surface area contributed by atoms with Crippen LogP contribution in [-0.4, -0.2) is 19.7 Å². The number of hydrogen-bond acceptors (Lipinski definition) is 4. The van der Waals surface area contributed by atoms with Gasteiger partial charge in [0.2, 0.25) is 0 Å². The number of allylic oxidation sites excluding steroid dienone is 1. The number of benzene rings is 1. The summed E-state index contributed by atoms with van der Waals surface area (Å²) in [6, 6.07) is 10.5. The van der Waals surface area contributed by atoms with Crippen LogP contribution in [0.2, 0.25) is 0 Å². The summed E-state index contributed by atoms with van der Waals surface area (Å²) < 4.78 is 2.09. The average Bonchev–Trinajstić information content (AvgIpc) is 3.00. The van der Waals surface area contributed by atoms with E-state index in [2.05, 4.69) is 58.4 Å². The molecular weight excluding hydrogens is 316 g/mol. The topological polar surface area (TPSA) is 43.6 Å². The predicted molar refractivity (Wildman–Crippen MR) is 98.9 cm³/mol. The molecule has 0 amide bonds. The number of hydrogen-bond donors (Lipinski definition) is 0. The fraction of sp³-hybridized carbons (Fsp3) is 0.211. The Balaban J connectivity index is 1.84. The molecular formula is C19H20N4S. The zero-order valence-electron chi connectivity index (χ0n) is 13.9. The summed E-state index contributed by atoms with van der Waals surface area (Å²) in [5.41, 5.74) is 4.94. The molecule has 0 atom stereocenters. The van der Waals surface area contributed by atoms with E-state index in [0.717, 1.165) is 22.3 Å². The molecule has 0 spiro atoms. The van der Waals surface area contributed by atoms with Gasteiger partial charge in [0, 0.05) is 30.3 Å². The van der Waals surface area contributed by atoms with E-state index in [4.69, 9.17) is 0 Å². The van der Waals surface area contributed by atoms with Gasteiger partial charge in [-0.1, -0.05) is 36.0 Å². The molecule has 0 saturated heterocycles. The molecule has 1 aromatic carbocycles. The van der Waals surface area contributed by atoms with Crippen LogP contribution in [0.3, 0.4) is 0 Å². The third-order valence-corrected chi connectivity index (χ3v) is 4.94. The highest BCUT2D eigenvalue weighted by atomic mass is 32.2. The summed E-state index contributed by atoms with van der Waals surface area (Å²) in [5.74, 6) is 1.71. The molecule has 4 nitrogen and oxygen atoms in total. The van der Waals surface area contributed by atoms with Crippen molar-refractivity contribution in [2.75, 3.05) is 0 Å². The first-order valence-corrected chi connectivity index (χ1v) is 8.81. The summed E-state index contributed by atoms with van der Waals surface area (Å²) in [5, 5.41) is 9.64. The largest absolute Gasteiger partial charge is 0.298 e. The van der Waals surface area contributed by atoms with Crippen LogP contribution in [0.5, 0.6) is 0 Å². The van der Waals surface area contributed by atoms with Gasteiger partial charge < -0.3 is 0 Å². The Morgan fingerprint density at radius 1 is 1.08 bits per heavy atom. The number of aryl methyl sites for hydroxylation is 2. The zero-order valence-corrected chi connectivity index (χ0v) is 14.8. The van der Waals surface area contributed by atoms with E-state index in [-0.39, 0.29) is 0 Å². The average molecular weight is 336 g/mol. The van der Waals surface area contributed by atoms with Crippen molar-refractivity contribution in [3.05, 3.63) is 72.1 Å². The quantitative estimate of drug-likeness (QED) is 0.493. The molecule has 3 rings (SSSR count). The molecule has 2 aromatic heterocycles. The SMILES string of the molecule is C=CCn1c(SCc2ccc(C)c(C)c2)nnc1-c1ccncc1. The van der Waals surface area contributed by atoms with Crippen LogP contribution in [0, 0.1) is 13.8 Å². The minimum atomic E-state index is 0.680. The van der Waals surface area contributed by atoms with E-state index >= 15 is 0 Å². The predicted octanol–water partition coefficient (Wildman–Crippen LogP) is 4.44. The maximum atomic E-state index is 4.37. The Morgan fingerprint density at radius 2 is 1.88 bits per heavy atom. The lowest BCUT2D eigenvalue weighted by Crippen LogP contribution is -2.00. The first kappa shape index (κ1) is 16.5. The normalized spacial score (nSPS) is 10.8. The van der Waals surface area contributed by atoms with Crippen molar-refractivity contribution in [2.24, 2.45) is 0 Å². The molecule has 0 radical (unpaired) electrons. The van der Waals surface area contributed by atoms with Crippen molar-refractivity contribution in [1.29, 1.82) is 0 Å². The lowest BCUT2D eigenvalue weighted by Gasteiger charge is -2.08. The van der Waals surface area contributed by atoms with Gasteiger partial charge >= 0.3 is 0 Å². The summed E-state index contributed by atoms with van der Waals surface area (Å²) in [7, 11) is 0. The Labute approximate surface area is 146 Å². The van der Waals surface area contributed by atoms with Crippen LogP contribution in [-0.2, 0) is 12.3 Å². The van der Waals surface area contributed by atoms with Crippen LogP contribution in [0.1, 0.15) is 16.7 Å². The van der Waals surface area contributed by atoms with Gasteiger partial charge in [-0.25, -0.2) is 0 Å². The first-order chi connectivity index (χ1) is 11.7. The monoisotopic (exact) mass is 336 g/mol. The molecule has 24 heavy (non-hydrogen) atoms. The van der Waals surface area contributed by atoms with Crippen molar-refractivity contribution in [3.63, 3.8) is 0 Å². The summed E-state index contributed by atoms with van der Waals surface area (Å²) in [6.45, 7) is 8.81. The van der Waals surface area contributed by atoms with Crippen molar-refractivity contribution >= 4 is 11.8 Å². The lowest BCUT2D eigenvalue weighted by molar-refractivity contribution is 0.731. The third-order valence-electron chi connectivity index (χ3n) is 3.91. The van der Waals surface area contributed by atoms with Gasteiger partial charge in [-0.2, -0.15) is 0 Å². The summed E-state index contributed by atoms with van der Waals surface area (Å²) in [6.07, 6.45) is 5.41. The van der Waals surface area contributed by atoms with Gasteiger partial charge in [-0.3, -0.25) is 9.55 Å². The maximum Gasteiger partial charge on any atom is 0.192 e. The first-order valence-electron chi connectivity index (χ1n) is 7.82. The van der Waals surface area contributed by atoms with Gasteiger partial charge in [0.25, 0.3) is 0 Å². The Morgan fingerprint density at radius 3 is 2.58 bits per heavy atom. The fourth-order valence-electron chi connectivity index (χ4n) is 2.44. The number of aromatic nitrogens is 4. The van der Waals surface area contributed by atoms with E-state index in [1.807, 2.05) is 18.2 Å². The molecule has 0 aliphatic rings. The summed E-state index contributed by atoms with van der Waals surface area (Å²) in [4.78, 5) is 4.06. The molecule has 3 aromatic rings. The van der Waals surface area contributed by atoms with E-state index in [1.165, 1.54) is 16.7 Å². The van der Waals surface area contributed by atoms with Crippen LogP contribution >= 0.6 is 11.8 Å². The van der Waals surface area contributed by atoms with Gasteiger partial charge in [0.15, 0.2) is 11.0 Å². The summed E-state index contributed by atoms with van der Waals surface area (Å²) >= 11 is 1.70. The lowest BCUT2D eigenvalue weighted by atomic mass is 10.1. The van der Waals surface area contributed by atoms with E-state index in [1.54, 1.807) is 24.2 Å². The molecule has 0 unspecified atom stereocenters. The van der Waals surface area contributed by atoms with Crippen molar-refractivity contribution in [3.8, 4) is 11.4 Å². The Hall–Kier alpha value is -2.40. The molecule has 0 N–H and O–H groups in total. The van der Waals surface area contributed by atoms with Crippen molar-refractivity contribution in [2.45, 2.75) is 31.3 Å². The van der Waals surface area contributed by atoms with E-state index < -0.39 is 0 Å². The second-order valence-corrected chi connectivity index (χ2v) is 6.59. The van der Waals surface area contributed by atoms with Crippen molar-refractivity contribution in [1.82, 2.24) is 19.7 Å². The second kappa shape index (κ2) is 7.45. The molecule has 0 aliphatic carbocycles. The third kappa shape index (κ3) is 3.57. The second-order valence-electron chi connectivity index (χ2n) is 5.65. The van der Waals surface area contributed by atoms with Gasteiger partial charge in [-0.15, -0.1) is 16.8 Å². The van der Waals surface area contributed by atoms with Crippen molar-refractivity contribution < 1.29 is 0 Å². The number of thioether (sulfide) groups is 1. The Bertz CT molecular complexity index is 840. The molecule has 0 fully saturated rings. The fourth-order valence-corrected chi connectivity index (χ4v) is 3.34. The van der Waals surface area contributed by atoms with Crippen LogP contribution in [0.15, 0.2) is 60.5 Å². The minimum absolute atomic E-state index is 0.680. The highest BCUT2D eigenvalue weighted by Gasteiger charge is 2.13. The van der Waals surface area contributed by atoms with Crippen LogP contribution in [0.4, 0.5) is 0 Å². The molecule has 5 heteroatoms. The Kier molecular flexibility index (Phi) is 5.11. The molecule has 0 aliphatic heterocycles. The zero-order chi connectivity index (χ0) is 16.9. The van der Waals surface area contributed by atoms with Gasteiger partial charge in [-0.05, 0) is 42.7 Å². The smallest absolute Gasteiger partial charge is 0.192 e. The molecule has 0 saturated carbocycles. The highest BCUT2D eigenvalue weighted by Crippen LogP contribution is 2.26. The number of pyridine rings is 1. The number of rotatable bonds is 6. The van der Waals surface area contributed by atoms with Gasteiger partial charge in [0.05, 0.1) is 0 Å². The number of nitrogens with zero attached hydrogens (tertiary/aromatic N) is 4. The van der Waals surface area contributed by atoms with E-state index in [9.17, 15) is 0 Å². The standard InChI is InChI=1S/C19H20N4S/c1-4-11-23-18(17-7-9-20-10-8-17)21-22-19(23)24-13-16-6-5-14(2)15(3)12-16/h4-10,12H,1,11,13H2,2-3H3. The van der Waals surface area contributed by atoms with E-state index in [0.29, 0.717) is 6.54 Å². The highest BCUT2D eigenvalue weighted by molar-refractivity contribution is 7.98. The molecule has 2 heterocycles. The molecule has 0 bridgehead atoms. The molecule has 122 valence electrons. The minimum Gasteiger partial charge on any atom is -0.298 e. The van der Waals surface area contributed by atoms with Crippen LogP contribution < -0.4 is 0 Å². The van der Waals surface area contributed by atoms with Gasteiger partial charge in [0.1, 0.15) is 0 Å². The maximum absolute atomic E-state index is 4.37. The van der Waals surface area contributed by atoms with Crippen LogP contribution in [0.25, 0.3) is 11.4 Å².